The fourth-order valence-corrected chi connectivity index (χ4v) is 2.41. The zero-order valence-corrected chi connectivity index (χ0v) is 14.4. The Morgan fingerprint density at radius 1 is 1.22 bits per heavy atom. The maximum Gasteiger partial charge on any atom is 0.408 e. The Morgan fingerprint density at radius 3 is 2.13 bits per heavy atom. The summed E-state index contributed by atoms with van der Waals surface area (Å²) in [6.07, 6.45) is 0.505. The monoisotopic (exact) mass is 342 g/mol. The summed E-state index contributed by atoms with van der Waals surface area (Å²) in [6.45, 7) is 5.11. The van der Waals surface area contributed by atoms with Crippen molar-refractivity contribution in [2.45, 2.75) is 43.7 Å². The van der Waals surface area contributed by atoms with Crippen LogP contribution in [0.5, 0.6) is 0 Å². The van der Waals surface area contributed by atoms with Crippen molar-refractivity contribution in [3.05, 3.63) is 29.8 Å². The first-order chi connectivity index (χ1) is 10.4. The molecule has 1 unspecified atom stereocenters. The number of alkyl carbamates (subject to hydrolysis) is 1. The van der Waals surface area contributed by atoms with Gasteiger partial charge in [0.1, 0.15) is 11.6 Å². The molecule has 1 aromatic rings. The van der Waals surface area contributed by atoms with E-state index in [2.05, 4.69) is 5.32 Å². The highest BCUT2D eigenvalue weighted by Gasteiger charge is 2.23. The van der Waals surface area contributed by atoms with Gasteiger partial charge in [-0.25, -0.2) is 13.2 Å². The standard InChI is InChI=1S/C15H22N2O5S/c1-15(2,3)22-14(19)17-12(13(16)18)9-10-5-7-11(8-6-10)23(4,20)21/h5-8,12H,9H2,1-4H3,(H2,16,18)(H,17,19). The molecule has 0 aliphatic rings. The van der Waals surface area contributed by atoms with Gasteiger partial charge in [-0.2, -0.15) is 0 Å². The minimum atomic E-state index is -3.29. The number of ether oxygens (including phenoxy) is 1. The number of hydrogen-bond donors (Lipinski definition) is 2. The lowest BCUT2D eigenvalue weighted by Crippen LogP contribution is -2.47. The van der Waals surface area contributed by atoms with Crippen LogP contribution in [0.2, 0.25) is 0 Å². The number of hydrogen-bond acceptors (Lipinski definition) is 5. The van der Waals surface area contributed by atoms with Crippen molar-refractivity contribution in [3.63, 3.8) is 0 Å². The molecule has 0 aliphatic heterocycles. The van der Waals surface area contributed by atoms with E-state index >= 15 is 0 Å². The molecule has 2 amide bonds. The van der Waals surface area contributed by atoms with Crippen LogP contribution in [0.25, 0.3) is 0 Å². The van der Waals surface area contributed by atoms with Crippen LogP contribution in [0.15, 0.2) is 29.2 Å². The van der Waals surface area contributed by atoms with Crippen molar-refractivity contribution in [2.24, 2.45) is 5.73 Å². The normalized spacial score (nSPS) is 13.2. The quantitative estimate of drug-likeness (QED) is 0.828. The maximum atomic E-state index is 11.7. The minimum absolute atomic E-state index is 0.138. The Kier molecular flexibility index (Phi) is 5.76. The van der Waals surface area contributed by atoms with Crippen LogP contribution < -0.4 is 11.1 Å². The van der Waals surface area contributed by atoms with E-state index in [4.69, 9.17) is 10.5 Å². The van der Waals surface area contributed by atoms with Gasteiger partial charge in [-0.05, 0) is 38.5 Å². The van der Waals surface area contributed by atoms with E-state index in [0.717, 1.165) is 6.26 Å². The summed E-state index contributed by atoms with van der Waals surface area (Å²) in [7, 11) is -3.29. The van der Waals surface area contributed by atoms with Crippen LogP contribution >= 0.6 is 0 Å². The molecule has 23 heavy (non-hydrogen) atoms. The number of amides is 2. The smallest absolute Gasteiger partial charge is 0.408 e. The Labute approximate surface area is 136 Å². The van der Waals surface area contributed by atoms with Crippen LogP contribution in [-0.2, 0) is 25.8 Å². The molecule has 0 aromatic heterocycles. The topological polar surface area (TPSA) is 116 Å². The van der Waals surface area contributed by atoms with Crippen LogP contribution in [0.3, 0.4) is 0 Å². The predicted molar refractivity (Wildman–Crippen MR) is 85.6 cm³/mol. The lowest BCUT2D eigenvalue weighted by molar-refractivity contribution is -0.120. The summed E-state index contributed by atoms with van der Waals surface area (Å²) in [5.74, 6) is -0.706. The maximum absolute atomic E-state index is 11.7. The van der Waals surface area contributed by atoms with E-state index in [-0.39, 0.29) is 11.3 Å². The number of carbonyl (C=O) groups is 2. The van der Waals surface area contributed by atoms with Crippen molar-refractivity contribution in [2.75, 3.05) is 6.26 Å². The second-order valence-electron chi connectivity index (χ2n) is 6.22. The molecular formula is C15H22N2O5S. The van der Waals surface area contributed by atoms with Gasteiger partial charge in [-0.15, -0.1) is 0 Å². The Hall–Kier alpha value is -2.09. The molecule has 1 aromatic carbocycles. The molecule has 1 rings (SSSR count). The van der Waals surface area contributed by atoms with Gasteiger partial charge in [0.15, 0.2) is 9.84 Å². The second-order valence-corrected chi connectivity index (χ2v) is 8.24. The number of carbonyl (C=O) groups excluding carboxylic acids is 2. The number of sulfone groups is 1. The Bertz CT molecular complexity index is 675. The van der Waals surface area contributed by atoms with Gasteiger partial charge in [0.2, 0.25) is 5.91 Å². The molecule has 1 atom stereocenters. The average molecular weight is 342 g/mol. The van der Waals surface area contributed by atoms with Crippen LogP contribution in [0, 0.1) is 0 Å². The van der Waals surface area contributed by atoms with Crippen molar-refractivity contribution < 1.29 is 22.7 Å². The van der Waals surface area contributed by atoms with Crippen molar-refractivity contribution in [1.29, 1.82) is 0 Å². The van der Waals surface area contributed by atoms with E-state index in [9.17, 15) is 18.0 Å². The lowest BCUT2D eigenvalue weighted by atomic mass is 10.1. The molecule has 128 valence electrons. The molecule has 0 spiro atoms. The van der Waals surface area contributed by atoms with Gasteiger partial charge in [-0.1, -0.05) is 12.1 Å². The van der Waals surface area contributed by atoms with Gasteiger partial charge >= 0.3 is 6.09 Å². The summed E-state index contributed by atoms with van der Waals surface area (Å²) in [4.78, 5) is 23.4. The molecular weight excluding hydrogens is 320 g/mol. The van der Waals surface area contributed by atoms with Gasteiger partial charge in [0.05, 0.1) is 4.90 Å². The van der Waals surface area contributed by atoms with E-state index in [1.165, 1.54) is 12.1 Å². The summed E-state index contributed by atoms with van der Waals surface area (Å²) in [5.41, 5.74) is 5.26. The number of nitrogens with one attached hydrogen (secondary N) is 1. The van der Waals surface area contributed by atoms with Gasteiger partial charge in [-0.3, -0.25) is 4.79 Å². The number of primary amides is 1. The van der Waals surface area contributed by atoms with E-state index < -0.39 is 33.5 Å². The molecule has 0 saturated heterocycles. The van der Waals surface area contributed by atoms with Crippen molar-refractivity contribution >= 4 is 21.8 Å². The van der Waals surface area contributed by atoms with Crippen molar-refractivity contribution in [1.82, 2.24) is 5.32 Å². The second kappa shape index (κ2) is 6.99. The minimum Gasteiger partial charge on any atom is -0.444 e. The fraction of sp³-hybridized carbons (Fsp3) is 0.467. The molecule has 0 fully saturated rings. The third-order valence-electron chi connectivity index (χ3n) is 2.83. The molecule has 3 N–H and O–H groups in total. The molecule has 0 bridgehead atoms. The van der Waals surface area contributed by atoms with E-state index in [0.29, 0.717) is 5.56 Å². The lowest BCUT2D eigenvalue weighted by Gasteiger charge is -2.22. The van der Waals surface area contributed by atoms with Crippen LogP contribution in [0.4, 0.5) is 4.79 Å². The number of nitrogens with two attached hydrogens (primary N) is 1. The number of benzene rings is 1. The molecule has 0 saturated carbocycles. The predicted octanol–water partition coefficient (Wildman–Crippen LogP) is 1.01. The molecule has 0 radical (unpaired) electrons. The van der Waals surface area contributed by atoms with Gasteiger partial charge in [0.25, 0.3) is 0 Å². The summed E-state index contributed by atoms with van der Waals surface area (Å²) in [6, 6.07) is 5.08. The summed E-state index contributed by atoms with van der Waals surface area (Å²) < 4.78 is 27.9. The highest BCUT2D eigenvalue weighted by Crippen LogP contribution is 2.12. The largest absolute Gasteiger partial charge is 0.444 e. The van der Waals surface area contributed by atoms with E-state index in [1.807, 2.05) is 0 Å². The molecule has 0 aliphatic carbocycles. The first-order valence-electron chi connectivity index (χ1n) is 6.96. The first-order valence-corrected chi connectivity index (χ1v) is 8.85. The number of rotatable bonds is 5. The zero-order chi connectivity index (χ0) is 17.8. The van der Waals surface area contributed by atoms with Crippen LogP contribution in [-0.4, -0.2) is 38.3 Å². The molecule has 0 heterocycles. The molecule has 8 heteroatoms. The highest BCUT2D eigenvalue weighted by atomic mass is 32.2. The highest BCUT2D eigenvalue weighted by molar-refractivity contribution is 7.90. The third kappa shape index (κ3) is 6.68. The first kappa shape index (κ1) is 19.0. The Balaban J connectivity index is 2.81. The fourth-order valence-electron chi connectivity index (χ4n) is 1.78. The molecule has 7 nitrogen and oxygen atoms in total. The summed E-state index contributed by atoms with van der Waals surface area (Å²) in [5, 5.41) is 2.41. The van der Waals surface area contributed by atoms with Gasteiger partial charge in [0, 0.05) is 12.7 Å². The SMILES string of the molecule is CC(C)(C)OC(=O)NC(Cc1ccc(S(C)(=O)=O)cc1)C(N)=O. The van der Waals surface area contributed by atoms with Crippen LogP contribution in [0.1, 0.15) is 26.3 Å². The average Bonchev–Trinajstić information content (AvgIpc) is 2.35. The summed E-state index contributed by atoms with van der Waals surface area (Å²) >= 11 is 0. The Morgan fingerprint density at radius 2 is 1.74 bits per heavy atom. The van der Waals surface area contributed by atoms with E-state index in [1.54, 1.807) is 32.9 Å². The van der Waals surface area contributed by atoms with Crippen molar-refractivity contribution in [3.8, 4) is 0 Å². The zero-order valence-electron chi connectivity index (χ0n) is 13.6. The third-order valence-corrected chi connectivity index (χ3v) is 3.95. The van der Waals surface area contributed by atoms with Gasteiger partial charge < -0.3 is 15.8 Å².